The summed E-state index contributed by atoms with van der Waals surface area (Å²) in [6.45, 7) is 6.70. The third kappa shape index (κ3) is 7.13. The number of phenols is 3. The van der Waals surface area contributed by atoms with Gasteiger partial charge in [-0.25, -0.2) is 0 Å². The van der Waals surface area contributed by atoms with Crippen molar-refractivity contribution in [1.29, 1.82) is 0 Å². The molecule has 6 fully saturated rings. The third-order valence-corrected chi connectivity index (χ3v) is 20.4. The predicted octanol–water partition coefficient (Wildman–Crippen LogP) is 10.2. The normalized spacial score (nSPS) is 42.8. The summed E-state index contributed by atoms with van der Waals surface area (Å²) in [7, 11) is 0. The van der Waals surface area contributed by atoms with E-state index < -0.39 is 17.8 Å². The van der Waals surface area contributed by atoms with E-state index in [-0.39, 0.29) is 34.8 Å². The van der Waals surface area contributed by atoms with Crippen LogP contribution in [-0.4, -0.2) is 59.7 Å². The number of aromatic hydroxyl groups is 3. The van der Waals surface area contributed by atoms with Gasteiger partial charge in [-0.2, -0.15) is 0 Å². The smallest absolute Gasteiger partial charge is 0.130 e. The lowest BCUT2D eigenvalue weighted by Crippen LogP contribution is -2.50. The molecule has 3 aromatic rings. The number of terminal acetylenes is 1. The second-order valence-corrected chi connectivity index (χ2v) is 22.8. The van der Waals surface area contributed by atoms with Gasteiger partial charge in [-0.05, 0) is 243 Å². The maximum atomic E-state index is 10.9. The largest absolute Gasteiger partial charge is 0.508 e. The van der Waals surface area contributed by atoms with Crippen LogP contribution in [0.5, 0.6) is 17.2 Å². The molecular weight excluding hydrogens is 820 g/mol. The van der Waals surface area contributed by atoms with Crippen LogP contribution in [0.3, 0.4) is 0 Å². The number of phenolic OH excluding ortho intramolecular Hbond substituents is 3. The van der Waals surface area contributed by atoms with E-state index in [1.165, 1.54) is 52.6 Å². The van der Waals surface area contributed by atoms with Crippen molar-refractivity contribution < 1.29 is 35.7 Å². The van der Waals surface area contributed by atoms with Crippen molar-refractivity contribution in [2.45, 2.75) is 172 Å². The van der Waals surface area contributed by atoms with Crippen LogP contribution >= 0.6 is 12.4 Å². The molecule has 7 N–H and O–H groups in total. The van der Waals surface area contributed by atoms with E-state index in [0.29, 0.717) is 64.6 Å². The minimum atomic E-state index is -0.919. The van der Waals surface area contributed by atoms with E-state index in [9.17, 15) is 35.7 Å². The molecule has 64 heavy (non-hydrogen) atoms. The number of aliphatic hydroxyl groups excluding tert-OH is 3. The Hall–Kier alpha value is -3.25. The molecule has 0 saturated heterocycles. The summed E-state index contributed by atoms with van der Waals surface area (Å²) >= 11 is 0. The van der Waals surface area contributed by atoms with Crippen molar-refractivity contribution in [2.24, 2.45) is 51.8 Å². The van der Waals surface area contributed by atoms with E-state index in [1.807, 2.05) is 30.3 Å². The predicted molar refractivity (Wildman–Crippen MR) is 253 cm³/mol. The summed E-state index contributed by atoms with van der Waals surface area (Å²) in [4.78, 5) is 0. The zero-order valence-electron chi connectivity index (χ0n) is 38.3. The zero-order valence-corrected chi connectivity index (χ0v) is 39.1. The minimum absolute atomic E-state index is 0. The SMILES string of the molecule is C#C[C@]1(O)CC[C@H]2[C@@H]3CCc4cc(O)ccc4[C@H]3CC[C@@]21C.C[C@]12CC[C@@H]3c4ccc(O)cc4CC[C@H]3[C@@H]1CC[C@@H]2O.C[C@]12CC[C@@H]3c4ccc(O)cc4CC[C@H]3[C@@H]1C[C@@H](O)[C@@H]2O.Cl. The molecule has 0 spiro atoms. The maximum absolute atomic E-state index is 10.9. The molecule has 3 aromatic carbocycles. The number of benzene rings is 3. The first-order valence-corrected chi connectivity index (χ1v) is 24.8. The van der Waals surface area contributed by atoms with Gasteiger partial charge in [-0.3, -0.25) is 0 Å². The summed E-state index contributed by atoms with van der Waals surface area (Å²) < 4.78 is 0. The first kappa shape index (κ1) is 45.9. The average molecular weight is 894 g/mol. The number of aryl methyl sites for hydroxylation is 3. The van der Waals surface area contributed by atoms with Gasteiger partial charge in [0, 0.05) is 5.41 Å². The molecule has 8 heteroatoms. The molecule has 0 amide bonds. The fourth-order valence-corrected chi connectivity index (χ4v) is 16.9. The van der Waals surface area contributed by atoms with Gasteiger partial charge in [-0.15, -0.1) is 18.8 Å². The molecule has 12 rings (SSSR count). The van der Waals surface area contributed by atoms with Crippen molar-refractivity contribution in [1.82, 2.24) is 0 Å². The molecular formula is C56H73ClO7. The van der Waals surface area contributed by atoms with Crippen LogP contribution in [0, 0.1) is 64.1 Å². The molecule has 9 aliphatic carbocycles. The Morgan fingerprint density at radius 3 is 1.48 bits per heavy atom. The number of hydrogen-bond donors (Lipinski definition) is 7. The lowest BCUT2D eigenvalue weighted by atomic mass is 9.53. The van der Waals surface area contributed by atoms with Gasteiger partial charge in [0.05, 0.1) is 18.3 Å². The molecule has 6 saturated carbocycles. The Morgan fingerprint density at radius 1 is 0.531 bits per heavy atom. The van der Waals surface area contributed by atoms with Crippen LogP contribution < -0.4 is 0 Å². The highest BCUT2D eigenvalue weighted by Gasteiger charge is 2.62. The number of rotatable bonds is 0. The van der Waals surface area contributed by atoms with Crippen LogP contribution in [0.2, 0.25) is 0 Å². The molecule has 16 atom stereocenters. The van der Waals surface area contributed by atoms with Gasteiger partial charge >= 0.3 is 0 Å². The molecule has 0 radical (unpaired) electrons. The first-order valence-electron chi connectivity index (χ1n) is 24.8. The van der Waals surface area contributed by atoms with Crippen molar-refractivity contribution in [3.63, 3.8) is 0 Å². The van der Waals surface area contributed by atoms with E-state index in [0.717, 1.165) is 95.8 Å². The third-order valence-electron chi connectivity index (χ3n) is 20.4. The van der Waals surface area contributed by atoms with Crippen LogP contribution in [0.1, 0.15) is 162 Å². The van der Waals surface area contributed by atoms with Gasteiger partial charge in [0.2, 0.25) is 0 Å². The standard InChI is InChI=1S/C20H24O2.C18H24O3.C18H24O2.ClH/c1-3-20(22)11-9-18-17-6-4-13-12-14(21)5-7-15(13)16(17)8-10-19(18,20)2;1-18-7-6-13-12-5-3-11(19)8-10(12)2-4-14(13)15(18)9-16(20)17(18)21;1-18-9-8-14-13-5-3-12(19)10-11(13)2-4-15(14)16(18)6-7-17(18)20;/h1,5,7,12,16-18,21-22H,4,6,8-11H2,2H3;3,5,8,13-17,19-21H,2,4,6-7,9H2,1H3;3,5,10,14-17,19-20H,2,4,6-9H2,1H3;1H/t16-,17-,18+,19+,20+;13-,14-,15+,16-,17+,18+;14-,15-,16+,17+,18+;/m111./s1. The second kappa shape index (κ2) is 16.8. The van der Waals surface area contributed by atoms with Crippen molar-refractivity contribution >= 4 is 12.4 Å². The number of halogens is 1. The zero-order chi connectivity index (χ0) is 44.2. The maximum Gasteiger partial charge on any atom is 0.130 e. The highest BCUT2D eigenvalue weighted by molar-refractivity contribution is 5.85. The molecule has 9 aliphatic rings. The van der Waals surface area contributed by atoms with Gasteiger partial charge in [-0.1, -0.05) is 44.9 Å². The second-order valence-electron chi connectivity index (χ2n) is 22.8. The topological polar surface area (TPSA) is 142 Å². The Balaban J connectivity index is 0.000000121. The van der Waals surface area contributed by atoms with Gasteiger partial charge < -0.3 is 35.7 Å². The van der Waals surface area contributed by atoms with Crippen molar-refractivity contribution in [2.75, 3.05) is 0 Å². The number of aliphatic hydroxyl groups is 4. The molecule has 0 heterocycles. The first-order chi connectivity index (χ1) is 30.1. The van der Waals surface area contributed by atoms with Gasteiger partial charge in [0.15, 0.2) is 0 Å². The van der Waals surface area contributed by atoms with E-state index >= 15 is 0 Å². The highest BCUT2D eigenvalue weighted by atomic mass is 35.5. The summed E-state index contributed by atoms with van der Waals surface area (Å²) in [5.41, 5.74) is 7.25. The fourth-order valence-electron chi connectivity index (χ4n) is 16.9. The molecule has 0 unspecified atom stereocenters. The van der Waals surface area contributed by atoms with Crippen molar-refractivity contribution in [3.8, 4) is 29.6 Å². The highest BCUT2D eigenvalue weighted by Crippen LogP contribution is 2.65. The lowest BCUT2D eigenvalue weighted by molar-refractivity contribution is -0.0646. The summed E-state index contributed by atoms with van der Waals surface area (Å²) in [5, 5.41) is 70.9. The average Bonchev–Trinajstić information content (AvgIpc) is 3.83. The fraction of sp³-hybridized carbons (Fsp3) is 0.643. The number of fused-ring (bicyclic) bond motifs is 15. The van der Waals surface area contributed by atoms with Gasteiger partial charge in [0.1, 0.15) is 22.8 Å². The summed E-state index contributed by atoms with van der Waals surface area (Å²) in [5.74, 6) is 9.18. The molecule has 7 nitrogen and oxygen atoms in total. The molecule has 0 bridgehead atoms. The van der Waals surface area contributed by atoms with Gasteiger partial charge in [0.25, 0.3) is 0 Å². The van der Waals surface area contributed by atoms with Crippen LogP contribution in [0.15, 0.2) is 54.6 Å². The Morgan fingerprint density at radius 2 is 0.984 bits per heavy atom. The van der Waals surface area contributed by atoms with E-state index in [4.69, 9.17) is 6.42 Å². The number of hydrogen-bond acceptors (Lipinski definition) is 7. The quantitative estimate of drug-likeness (QED) is 0.111. The monoisotopic (exact) mass is 893 g/mol. The van der Waals surface area contributed by atoms with E-state index in [1.54, 1.807) is 6.07 Å². The Labute approximate surface area is 387 Å². The molecule has 0 aliphatic heterocycles. The summed E-state index contributed by atoms with van der Waals surface area (Å²) in [6, 6.07) is 17.6. The van der Waals surface area contributed by atoms with Crippen LogP contribution in [-0.2, 0) is 19.3 Å². The van der Waals surface area contributed by atoms with Crippen LogP contribution in [0.4, 0.5) is 0 Å². The van der Waals surface area contributed by atoms with Crippen LogP contribution in [0.25, 0.3) is 0 Å². The lowest BCUT2D eigenvalue weighted by Gasteiger charge is -2.52. The summed E-state index contributed by atoms with van der Waals surface area (Å²) in [6.07, 6.45) is 22.4. The van der Waals surface area contributed by atoms with Crippen molar-refractivity contribution in [3.05, 3.63) is 88.0 Å². The molecule has 346 valence electrons. The molecule has 0 aromatic heterocycles. The Bertz CT molecular complexity index is 2270. The Kier molecular flexibility index (Phi) is 12.1. The van der Waals surface area contributed by atoms with E-state index in [2.05, 4.69) is 44.9 Å². The minimum Gasteiger partial charge on any atom is -0.508 e.